The molecule has 100 valence electrons. The van der Waals surface area contributed by atoms with Crippen molar-refractivity contribution >= 4 is 17.2 Å². The molecule has 4 N–H and O–H groups in total. The topological polar surface area (TPSA) is 91.5 Å². The van der Waals surface area contributed by atoms with Crippen molar-refractivity contribution < 1.29 is 9.90 Å². The van der Waals surface area contributed by atoms with E-state index in [0.29, 0.717) is 10.9 Å². The number of hydrogen-bond donors (Lipinski definition) is 3. The van der Waals surface area contributed by atoms with Crippen LogP contribution in [0.2, 0.25) is 0 Å². The monoisotopic (exact) mass is 270 g/mol. The number of nitrogen functional groups attached to an aromatic ring is 1. The van der Waals surface area contributed by atoms with Crippen LogP contribution in [0.25, 0.3) is 0 Å². The molecule has 1 unspecified atom stereocenters. The van der Waals surface area contributed by atoms with Crippen LogP contribution in [0.5, 0.6) is 0 Å². The van der Waals surface area contributed by atoms with Crippen molar-refractivity contribution in [2.75, 3.05) is 19.7 Å². The van der Waals surface area contributed by atoms with Gasteiger partial charge in [0, 0.05) is 25.1 Å². The van der Waals surface area contributed by atoms with Gasteiger partial charge >= 0.3 is 0 Å². The highest BCUT2D eigenvalue weighted by Crippen LogP contribution is 2.19. The first-order chi connectivity index (χ1) is 8.72. The molecule has 1 aromatic rings. The summed E-state index contributed by atoms with van der Waals surface area (Å²) < 4.78 is 0. The minimum absolute atomic E-state index is 0.244. The summed E-state index contributed by atoms with van der Waals surface area (Å²) in [6.45, 7) is 2.89. The zero-order valence-electron chi connectivity index (χ0n) is 10.1. The molecule has 0 aromatic carbocycles. The smallest absolute Gasteiger partial charge is 0.294 e. The number of aliphatic hydroxyl groups is 1. The Kier molecular flexibility index (Phi) is 4.65. The molecule has 1 aliphatic heterocycles. The lowest BCUT2D eigenvalue weighted by Crippen LogP contribution is -2.36. The van der Waals surface area contributed by atoms with Crippen molar-refractivity contribution in [3.05, 3.63) is 16.1 Å². The molecule has 7 heteroatoms. The third kappa shape index (κ3) is 3.26. The first kappa shape index (κ1) is 13.4. The molecule has 0 spiro atoms. The Morgan fingerprint density at radius 3 is 3.28 bits per heavy atom. The average molecular weight is 270 g/mol. The Morgan fingerprint density at radius 1 is 1.72 bits per heavy atom. The van der Waals surface area contributed by atoms with Crippen LogP contribution < -0.4 is 11.3 Å². The summed E-state index contributed by atoms with van der Waals surface area (Å²) in [7, 11) is 0. The SMILES string of the molecule is NNC(=O)c1nc(CN2CCCC(CO)C2)cs1. The average Bonchev–Trinajstić information content (AvgIpc) is 2.86. The minimum Gasteiger partial charge on any atom is -0.396 e. The third-order valence-corrected chi connectivity index (χ3v) is 4.01. The minimum atomic E-state index is -0.349. The van der Waals surface area contributed by atoms with E-state index in [9.17, 15) is 9.90 Å². The van der Waals surface area contributed by atoms with E-state index in [1.807, 2.05) is 5.38 Å². The van der Waals surface area contributed by atoms with Gasteiger partial charge < -0.3 is 5.11 Å². The Labute approximate surface area is 110 Å². The molecule has 1 atom stereocenters. The fourth-order valence-electron chi connectivity index (χ4n) is 2.22. The first-order valence-corrected chi connectivity index (χ1v) is 6.89. The van der Waals surface area contributed by atoms with Crippen molar-refractivity contribution in [3.8, 4) is 0 Å². The van der Waals surface area contributed by atoms with Gasteiger partial charge in [-0.15, -0.1) is 11.3 Å². The van der Waals surface area contributed by atoms with E-state index in [0.717, 1.165) is 38.2 Å². The van der Waals surface area contributed by atoms with Crippen LogP contribution in [-0.4, -0.2) is 40.6 Å². The third-order valence-electron chi connectivity index (χ3n) is 3.12. The summed E-state index contributed by atoms with van der Waals surface area (Å²) in [5, 5.41) is 11.5. The van der Waals surface area contributed by atoms with Crippen molar-refractivity contribution in [1.29, 1.82) is 0 Å². The van der Waals surface area contributed by atoms with Gasteiger partial charge in [-0.3, -0.25) is 15.1 Å². The van der Waals surface area contributed by atoms with Gasteiger partial charge in [-0.1, -0.05) is 0 Å². The molecule has 2 rings (SSSR count). The second-order valence-electron chi connectivity index (χ2n) is 4.54. The zero-order chi connectivity index (χ0) is 13.0. The molecule has 0 aliphatic carbocycles. The maximum atomic E-state index is 11.3. The number of carbonyl (C=O) groups is 1. The number of nitrogens with one attached hydrogen (secondary N) is 1. The fraction of sp³-hybridized carbons (Fsp3) is 0.636. The Morgan fingerprint density at radius 2 is 2.56 bits per heavy atom. The Bertz CT molecular complexity index is 410. The summed E-state index contributed by atoms with van der Waals surface area (Å²) in [6, 6.07) is 0. The molecule has 1 aliphatic rings. The number of rotatable bonds is 4. The van der Waals surface area contributed by atoms with Gasteiger partial charge in [0.1, 0.15) is 0 Å². The van der Waals surface area contributed by atoms with Crippen molar-refractivity contribution in [2.24, 2.45) is 11.8 Å². The molecule has 1 amide bonds. The van der Waals surface area contributed by atoms with Gasteiger partial charge in [0.05, 0.1) is 5.69 Å². The maximum absolute atomic E-state index is 11.3. The number of nitrogens with two attached hydrogens (primary N) is 1. The number of piperidine rings is 1. The molecular weight excluding hydrogens is 252 g/mol. The Balaban J connectivity index is 1.92. The number of aromatic nitrogens is 1. The van der Waals surface area contributed by atoms with Crippen molar-refractivity contribution in [2.45, 2.75) is 19.4 Å². The van der Waals surface area contributed by atoms with Gasteiger partial charge in [-0.2, -0.15) is 0 Å². The van der Waals surface area contributed by atoms with Crippen LogP contribution in [0, 0.1) is 5.92 Å². The molecule has 0 radical (unpaired) electrons. The second-order valence-corrected chi connectivity index (χ2v) is 5.40. The van der Waals surface area contributed by atoms with Crippen LogP contribution in [0.4, 0.5) is 0 Å². The van der Waals surface area contributed by atoms with E-state index in [4.69, 9.17) is 5.84 Å². The number of thiazole rings is 1. The highest BCUT2D eigenvalue weighted by molar-refractivity contribution is 7.11. The van der Waals surface area contributed by atoms with E-state index >= 15 is 0 Å². The van der Waals surface area contributed by atoms with E-state index < -0.39 is 0 Å². The summed E-state index contributed by atoms with van der Waals surface area (Å²) in [6.07, 6.45) is 2.19. The number of nitrogens with zero attached hydrogens (tertiary/aromatic N) is 2. The normalized spacial score (nSPS) is 20.9. The second kappa shape index (κ2) is 6.24. The maximum Gasteiger partial charge on any atom is 0.294 e. The van der Waals surface area contributed by atoms with Crippen LogP contribution in [-0.2, 0) is 6.54 Å². The van der Waals surface area contributed by atoms with E-state index in [-0.39, 0.29) is 12.5 Å². The quantitative estimate of drug-likeness (QED) is 0.405. The number of amides is 1. The summed E-state index contributed by atoms with van der Waals surface area (Å²) in [5.74, 6) is 5.08. The van der Waals surface area contributed by atoms with Crippen LogP contribution >= 0.6 is 11.3 Å². The van der Waals surface area contributed by atoms with Gasteiger partial charge in [-0.25, -0.2) is 10.8 Å². The van der Waals surface area contributed by atoms with Gasteiger partial charge in [-0.05, 0) is 25.3 Å². The molecule has 1 aromatic heterocycles. The molecular formula is C11H18N4O2S. The van der Waals surface area contributed by atoms with Crippen LogP contribution in [0.1, 0.15) is 28.3 Å². The zero-order valence-corrected chi connectivity index (χ0v) is 10.9. The molecule has 6 nitrogen and oxygen atoms in total. The number of aliphatic hydroxyl groups excluding tert-OH is 1. The Hall–Kier alpha value is -1.02. The summed E-state index contributed by atoms with van der Waals surface area (Å²) in [4.78, 5) is 17.8. The predicted octanol–water partition coefficient (Wildman–Crippen LogP) is -0.0491. The lowest BCUT2D eigenvalue weighted by Gasteiger charge is -2.31. The number of hydrazine groups is 1. The number of likely N-dealkylation sites (tertiary alicyclic amines) is 1. The van der Waals surface area contributed by atoms with E-state index in [2.05, 4.69) is 15.3 Å². The standard InChI is InChI=1S/C11H18N4O2S/c12-14-10(17)11-13-9(7-18-11)5-15-3-1-2-8(4-15)6-16/h7-8,16H,1-6,12H2,(H,14,17). The summed E-state index contributed by atoms with van der Waals surface area (Å²) in [5.41, 5.74) is 2.96. The van der Waals surface area contributed by atoms with E-state index in [1.165, 1.54) is 11.3 Å². The molecule has 1 fully saturated rings. The van der Waals surface area contributed by atoms with Gasteiger partial charge in [0.2, 0.25) is 0 Å². The highest BCUT2D eigenvalue weighted by atomic mass is 32.1. The van der Waals surface area contributed by atoms with Crippen LogP contribution in [0.3, 0.4) is 0 Å². The first-order valence-electron chi connectivity index (χ1n) is 6.01. The van der Waals surface area contributed by atoms with Gasteiger partial charge in [0.15, 0.2) is 5.01 Å². The predicted molar refractivity (Wildman–Crippen MR) is 68.9 cm³/mol. The number of carbonyl (C=O) groups excluding carboxylic acids is 1. The van der Waals surface area contributed by atoms with Crippen molar-refractivity contribution in [1.82, 2.24) is 15.3 Å². The van der Waals surface area contributed by atoms with Crippen LogP contribution in [0.15, 0.2) is 5.38 Å². The molecule has 0 bridgehead atoms. The fourth-order valence-corrected chi connectivity index (χ4v) is 2.93. The van der Waals surface area contributed by atoms with E-state index in [1.54, 1.807) is 0 Å². The lowest BCUT2D eigenvalue weighted by molar-refractivity contribution is 0.0952. The van der Waals surface area contributed by atoms with Gasteiger partial charge in [0.25, 0.3) is 5.91 Å². The molecule has 18 heavy (non-hydrogen) atoms. The van der Waals surface area contributed by atoms with Crippen molar-refractivity contribution in [3.63, 3.8) is 0 Å². The molecule has 2 heterocycles. The molecule has 1 saturated heterocycles. The number of hydrogen-bond acceptors (Lipinski definition) is 6. The highest BCUT2D eigenvalue weighted by Gasteiger charge is 2.20. The summed E-state index contributed by atoms with van der Waals surface area (Å²) >= 11 is 1.30. The molecule has 0 saturated carbocycles. The largest absolute Gasteiger partial charge is 0.396 e. The lowest BCUT2D eigenvalue weighted by atomic mass is 9.99.